The first-order valence-corrected chi connectivity index (χ1v) is 9.29. The van der Waals surface area contributed by atoms with Gasteiger partial charge in [0.1, 0.15) is 0 Å². The molecule has 2 aliphatic rings. The molecule has 3 rings (SSSR count). The van der Waals surface area contributed by atoms with Crippen molar-refractivity contribution in [2.24, 2.45) is 11.8 Å². The molecule has 0 spiro atoms. The molecule has 1 aromatic rings. The monoisotopic (exact) mass is 372 g/mol. The molecule has 0 aromatic heterocycles. The highest BCUT2D eigenvalue weighted by atomic mass is 19.4. The Morgan fingerprint density at radius 2 is 1.88 bits per heavy atom. The molecule has 0 unspecified atom stereocenters. The Hall–Kier alpha value is -1.72. The number of halogens is 4. The van der Waals surface area contributed by atoms with Gasteiger partial charge in [0.05, 0.1) is 6.61 Å². The number of hydrogen-bond donors (Lipinski definition) is 0. The molecule has 0 aliphatic heterocycles. The van der Waals surface area contributed by atoms with Crippen molar-refractivity contribution in [2.45, 2.75) is 57.7 Å². The largest absolute Gasteiger partial charge is 0.573 e. The van der Waals surface area contributed by atoms with Crippen molar-refractivity contribution >= 4 is 0 Å². The normalized spacial score (nSPS) is 18.2. The Morgan fingerprint density at radius 3 is 2.50 bits per heavy atom. The highest BCUT2D eigenvalue weighted by Gasteiger charge is 2.35. The fraction of sp³-hybridized carbons (Fsp3) is 0.600. The van der Waals surface area contributed by atoms with E-state index in [1.165, 1.54) is 31.4 Å². The van der Waals surface area contributed by atoms with Crippen LogP contribution in [0.25, 0.3) is 0 Å². The Labute approximate surface area is 151 Å². The maximum Gasteiger partial charge on any atom is 0.573 e. The van der Waals surface area contributed by atoms with Gasteiger partial charge in [-0.1, -0.05) is 37.5 Å². The molecule has 0 heterocycles. The predicted molar refractivity (Wildman–Crippen MR) is 90.7 cm³/mol. The summed E-state index contributed by atoms with van der Waals surface area (Å²) in [6, 6.07) is 2.87. The number of aryl methyl sites for hydroxylation is 1. The summed E-state index contributed by atoms with van der Waals surface area (Å²) in [5, 5.41) is 0. The molecule has 6 heteroatoms. The van der Waals surface area contributed by atoms with Crippen molar-refractivity contribution in [2.75, 3.05) is 6.61 Å². The minimum atomic E-state index is -4.96. The highest BCUT2D eigenvalue weighted by molar-refractivity contribution is 5.45. The van der Waals surface area contributed by atoms with Crippen LogP contribution >= 0.6 is 0 Å². The SMILES string of the molecule is Fc1c(CC/C=C/C2CC2)ccc(OCCC2CCC2)c1OC(F)(F)F. The molecule has 0 atom stereocenters. The van der Waals surface area contributed by atoms with Gasteiger partial charge in [0, 0.05) is 0 Å². The van der Waals surface area contributed by atoms with E-state index in [0.717, 1.165) is 19.3 Å². The van der Waals surface area contributed by atoms with E-state index in [0.29, 0.717) is 24.7 Å². The highest BCUT2D eigenvalue weighted by Crippen LogP contribution is 2.38. The van der Waals surface area contributed by atoms with E-state index in [2.05, 4.69) is 10.8 Å². The van der Waals surface area contributed by atoms with Crippen LogP contribution < -0.4 is 9.47 Å². The zero-order chi connectivity index (χ0) is 18.6. The van der Waals surface area contributed by atoms with Crippen molar-refractivity contribution in [3.05, 3.63) is 35.7 Å². The molecular formula is C20H24F4O2. The summed E-state index contributed by atoms with van der Waals surface area (Å²) in [6.45, 7) is 0.266. The number of ether oxygens (including phenoxy) is 2. The van der Waals surface area contributed by atoms with Crippen molar-refractivity contribution in [1.82, 2.24) is 0 Å². The Kier molecular flexibility index (Phi) is 6.09. The van der Waals surface area contributed by atoms with E-state index in [1.54, 1.807) is 0 Å². The van der Waals surface area contributed by atoms with E-state index < -0.39 is 17.9 Å². The van der Waals surface area contributed by atoms with Crippen LogP contribution in [0.15, 0.2) is 24.3 Å². The van der Waals surface area contributed by atoms with E-state index in [1.807, 2.05) is 6.08 Å². The van der Waals surface area contributed by atoms with Gasteiger partial charge in [-0.25, -0.2) is 4.39 Å². The maximum atomic E-state index is 14.6. The fourth-order valence-corrected chi connectivity index (χ4v) is 3.03. The van der Waals surface area contributed by atoms with Gasteiger partial charge in [-0.3, -0.25) is 0 Å². The van der Waals surface area contributed by atoms with Crippen molar-refractivity contribution < 1.29 is 27.0 Å². The quantitative estimate of drug-likeness (QED) is 0.380. The van der Waals surface area contributed by atoms with Crippen LogP contribution in [0.2, 0.25) is 0 Å². The van der Waals surface area contributed by atoms with E-state index in [4.69, 9.17) is 4.74 Å². The van der Waals surface area contributed by atoms with Crippen LogP contribution in [0.3, 0.4) is 0 Å². The lowest BCUT2D eigenvalue weighted by Gasteiger charge is -2.25. The molecule has 26 heavy (non-hydrogen) atoms. The number of alkyl halides is 3. The summed E-state index contributed by atoms with van der Waals surface area (Å²) < 4.78 is 62.0. The minimum Gasteiger partial charge on any atom is -0.490 e. The summed E-state index contributed by atoms with van der Waals surface area (Å²) >= 11 is 0. The van der Waals surface area contributed by atoms with Gasteiger partial charge >= 0.3 is 6.36 Å². The van der Waals surface area contributed by atoms with Crippen LogP contribution in [0.1, 0.15) is 50.5 Å². The Morgan fingerprint density at radius 1 is 1.12 bits per heavy atom. The number of hydrogen-bond acceptors (Lipinski definition) is 2. The summed E-state index contributed by atoms with van der Waals surface area (Å²) in [7, 11) is 0. The molecule has 1 aromatic carbocycles. The van der Waals surface area contributed by atoms with Crippen molar-refractivity contribution in [3.63, 3.8) is 0 Å². The van der Waals surface area contributed by atoms with Gasteiger partial charge in [0.25, 0.3) is 0 Å². The summed E-state index contributed by atoms with van der Waals surface area (Å²) in [6.07, 6.45) is 6.56. The number of allylic oxidation sites excluding steroid dienone is 2. The zero-order valence-corrected chi connectivity index (χ0v) is 14.7. The second kappa shape index (κ2) is 8.31. The minimum absolute atomic E-state index is 0.184. The predicted octanol–water partition coefficient (Wildman–Crippen LogP) is 6.19. The number of rotatable bonds is 9. The van der Waals surface area contributed by atoms with Gasteiger partial charge in [0.15, 0.2) is 11.6 Å². The summed E-state index contributed by atoms with van der Waals surface area (Å²) in [5.41, 5.74) is 0.205. The summed E-state index contributed by atoms with van der Waals surface area (Å²) in [5.74, 6) is -0.839. The molecule has 0 bridgehead atoms. The number of benzene rings is 1. The molecule has 2 aliphatic carbocycles. The van der Waals surface area contributed by atoms with Gasteiger partial charge < -0.3 is 9.47 Å². The summed E-state index contributed by atoms with van der Waals surface area (Å²) in [4.78, 5) is 0. The van der Waals surface area contributed by atoms with Crippen LogP contribution in [0, 0.1) is 17.7 Å². The lowest BCUT2D eigenvalue weighted by atomic mass is 9.83. The third-order valence-corrected chi connectivity index (χ3v) is 4.98. The molecule has 0 N–H and O–H groups in total. The molecule has 2 fully saturated rings. The van der Waals surface area contributed by atoms with Crippen LogP contribution in [0.5, 0.6) is 11.5 Å². The first-order valence-electron chi connectivity index (χ1n) is 9.29. The Bertz CT molecular complexity index is 631. The lowest BCUT2D eigenvalue weighted by molar-refractivity contribution is -0.276. The van der Waals surface area contributed by atoms with E-state index >= 15 is 0 Å². The molecule has 0 radical (unpaired) electrons. The molecule has 2 nitrogen and oxygen atoms in total. The topological polar surface area (TPSA) is 18.5 Å². The van der Waals surface area contributed by atoms with Crippen LogP contribution in [-0.2, 0) is 6.42 Å². The average Bonchev–Trinajstić information content (AvgIpc) is 3.34. The molecular weight excluding hydrogens is 348 g/mol. The molecule has 0 amide bonds. The van der Waals surface area contributed by atoms with Gasteiger partial charge in [-0.2, -0.15) is 0 Å². The van der Waals surface area contributed by atoms with Crippen molar-refractivity contribution in [3.8, 4) is 11.5 Å². The Balaban J connectivity index is 1.66. The lowest BCUT2D eigenvalue weighted by Crippen LogP contribution is -2.20. The zero-order valence-electron chi connectivity index (χ0n) is 14.7. The van der Waals surface area contributed by atoms with Gasteiger partial charge in [0.2, 0.25) is 5.75 Å². The molecule has 0 saturated heterocycles. The van der Waals surface area contributed by atoms with Gasteiger partial charge in [-0.15, -0.1) is 13.2 Å². The van der Waals surface area contributed by atoms with Crippen LogP contribution in [-0.4, -0.2) is 13.0 Å². The second-order valence-corrected chi connectivity index (χ2v) is 7.15. The third kappa shape index (κ3) is 5.64. The smallest absolute Gasteiger partial charge is 0.490 e. The molecule has 2 saturated carbocycles. The van der Waals surface area contributed by atoms with Crippen LogP contribution in [0.4, 0.5) is 17.6 Å². The fourth-order valence-electron chi connectivity index (χ4n) is 3.03. The first kappa shape index (κ1) is 19.1. The molecule has 144 valence electrons. The van der Waals surface area contributed by atoms with Gasteiger partial charge in [-0.05, 0) is 55.6 Å². The van der Waals surface area contributed by atoms with E-state index in [9.17, 15) is 17.6 Å². The second-order valence-electron chi connectivity index (χ2n) is 7.15. The van der Waals surface area contributed by atoms with E-state index in [-0.39, 0.29) is 17.9 Å². The van der Waals surface area contributed by atoms with Crippen molar-refractivity contribution in [1.29, 1.82) is 0 Å². The average molecular weight is 372 g/mol. The third-order valence-electron chi connectivity index (χ3n) is 4.98. The standard InChI is InChI=1S/C20H24F4O2/c21-18-16(7-2-1-4-15-8-9-15)10-11-17(19(18)26-20(22,23)24)25-13-12-14-5-3-6-14/h1,4,10-11,14-15H,2-3,5-9,12-13H2/b4-1+. The maximum absolute atomic E-state index is 14.6. The first-order chi connectivity index (χ1) is 12.4.